The monoisotopic (exact) mass is 346 g/mol. The van der Waals surface area contributed by atoms with Crippen molar-refractivity contribution < 1.29 is 14.3 Å². The number of hydrogen-bond donors (Lipinski definition) is 1. The largest absolute Gasteiger partial charge is 0.493 e. The molecule has 0 saturated carbocycles. The number of amides is 1. The summed E-state index contributed by atoms with van der Waals surface area (Å²) in [5.74, 6) is 0.969. The molecule has 0 heterocycles. The Morgan fingerprint density at radius 3 is 2.79 bits per heavy atom. The molecule has 0 atom stereocenters. The maximum atomic E-state index is 12.0. The molecular weight excluding hydrogens is 328 g/mol. The minimum Gasteiger partial charge on any atom is -0.493 e. The summed E-state index contributed by atoms with van der Waals surface area (Å²) < 4.78 is 10.9. The van der Waals surface area contributed by atoms with Gasteiger partial charge in [0.1, 0.15) is 0 Å². The molecule has 0 radical (unpaired) electrons. The summed E-state index contributed by atoms with van der Waals surface area (Å²) in [4.78, 5) is 12.0. The number of methoxy groups -OCH3 is 1. The first kappa shape index (κ1) is 17.8. The van der Waals surface area contributed by atoms with E-state index in [0.717, 1.165) is 12.0 Å². The van der Waals surface area contributed by atoms with Gasteiger partial charge in [0.2, 0.25) is 0 Å². The zero-order valence-electron chi connectivity index (χ0n) is 13.6. The maximum absolute atomic E-state index is 12.0. The van der Waals surface area contributed by atoms with Crippen molar-refractivity contribution in [3.8, 4) is 11.5 Å². The molecule has 2 rings (SSSR count). The average molecular weight is 347 g/mol. The number of rotatable bonds is 7. The van der Waals surface area contributed by atoms with E-state index in [9.17, 15) is 4.79 Å². The number of hydrazone groups is 1. The molecule has 0 spiro atoms. The highest BCUT2D eigenvalue weighted by Gasteiger charge is 2.06. The number of nitrogens with one attached hydrogen (secondary N) is 1. The van der Waals surface area contributed by atoms with Crippen LogP contribution < -0.4 is 14.9 Å². The van der Waals surface area contributed by atoms with Crippen molar-refractivity contribution in [1.29, 1.82) is 0 Å². The predicted molar refractivity (Wildman–Crippen MR) is 95.3 cm³/mol. The molecule has 126 valence electrons. The minimum atomic E-state index is -0.330. The van der Waals surface area contributed by atoms with E-state index in [1.807, 2.05) is 19.1 Å². The van der Waals surface area contributed by atoms with Gasteiger partial charge in [-0.3, -0.25) is 4.79 Å². The Bertz CT molecular complexity index is 732. The van der Waals surface area contributed by atoms with Gasteiger partial charge in [-0.05, 0) is 48.4 Å². The van der Waals surface area contributed by atoms with Gasteiger partial charge in [-0.15, -0.1) is 0 Å². The van der Waals surface area contributed by atoms with Crippen LogP contribution in [0.1, 0.15) is 29.3 Å². The molecule has 5 nitrogen and oxygen atoms in total. The number of nitrogens with zero attached hydrogens (tertiary/aromatic N) is 1. The van der Waals surface area contributed by atoms with Crippen LogP contribution in [-0.2, 0) is 0 Å². The van der Waals surface area contributed by atoms with Crippen molar-refractivity contribution in [2.24, 2.45) is 5.10 Å². The zero-order chi connectivity index (χ0) is 17.4. The van der Waals surface area contributed by atoms with E-state index in [2.05, 4.69) is 10.5 Å². The van der Waals surface area contributed by atoms with Crippen LogP contribution in [0.3, 0.4) is 0 Å². The number of halogens is 1. The molecule has 2 aromatic carbocycles. The molecular formula is C18H19ClN2O3. The van der Waals surface area contributed by atoms with Gasteiger partial charge in [-0.1, -0.05) is 24.6 Å². The van der Waals surface area contributed by atoms with Gasteiger partial charge in [0, 0.05) is 10.6 Å². The molecule has 0 aromatic heterocycles. The van der Waals surface area contributed by atoms with Gasteiger partial charge in [0.05, 0.1) is 19.9 Å². The van der Waals surface area contributed by atoms with E-state index in [1.54, 1.807) is 37.4 Å². The second kappa shape index (κ2) is 8.93. The molecule has 2 aromatic rings. The van der Waals surface area contributed by atoms with Gasteiger partial charge in [0.15, 0.2) is 11.5 Å². The van der Waals surface area contributed by atoms with Crippen LogP contribution in [0.25, 0.3) is 0 Å². The molecule has 0 bridgehead atoms. The molecule has 0 aliphatic carbocycles. The Balaban J connectivity index is 2.02. The zero-order valence-corrected chi connectivity index (χ0v) is 14.3. The van der Waals surface area contributed by atoms with Gasteiger partial charge < -0.3 is 9.47 Å². The lowest BCUT2D eigenvalue weighted by atomic mass is 10.2. The summed E-state index contributed by atoms with van der Waals surface area (Å²) in [5, 5.41) is 4.45. The smallest absolute Gasteiger partial charge is 0.271 e. The molecule has 24 heavy (non-hydrogen) atoms. The molecule has 1 N–H and O–H groups in total. The van der Waals surface area contributed by atoms with Crippen LogP contribution in [0.4, 0.5) is 0 Å². The first-order valence-corrected chi connectivity index (χ1v) is 7.91. The SMILES string of the molecule is CCCOc1ccc(/C=N/NC(=O)c2cccc(Cl)c2)cc1OC. The summed E-state index contributed by atoms with van der Waals surface area (Å²) in [7, 11) is 1.58. The molecule has 0 unspecified atom stereocenters. The third-order valence-electron chi connectivity index (χ3n) is 3.12. The van der Waals surface area contributed by atoms with E-state index < -0.39 is 0 Å². The van der Waals surface area contributed by atoms with Gasteiger partial charge in [-0.25, -0.2) is 5.43 Å². The molecule has 1 amide bonds. The van der Waals surface area contributed by atoms with Crippen molar-refractivity contribution in [2.45, 2.75) is 13.3 Å². The fourth-order valence-electron chi connectivity index (χ4n) is 1.96. The summed E-state index contributed by atoms with van der Waals surface area (Å²) >= 11 is 5.86. The highest BCUT2D eigenvalue weighted by molar-refractivity contribution is 6.30. The lowest BCUT2D eigenvalue weighted by Crippen LogP contribution is -2.17. The first-order chi connectivity index (χ1) is 11.6. The maximum Gasteiger partial charge on any atom is 0.271 e. The Morgan fingerprint density at radius 1 is 1.25 bits per heavy atom. The fraction of sp³-hybridized carbons (Fsp3) is 0.222. The summed E-state index contributed by atoms with van der Waals surface area (Å²) in [6, 6.07) is 12.1. The van der Waals surface area contributed by atoms with Crippen LogP contribution in [0.2, 0.25) is 5.02 Å². The average Bonchev–Trinajstić information content (AvgIpc) is 2.60. The third kappa shape index (κ3) is 4.99. The Hall–Kier alpha value is -2.53. The van der Waals surface area contributed by atoms with Crippen LogP contribution in [0, 0.1) is 0 Å². The van der Waals surface area contributed by atoms with Crippen molar-refractivity contribution in [2.75, 3.05) is 13.7 Å². The second-order valence-corrected chi connectivity index (χ2v) is 5.40. The highest BCUT2D eigenvalue weighted by atomic mass is 35.5. The fourth-order valence-corrected chi connectivity index (χ4v) is 2.15. The van der Waals surface area contributed by atoms with Crippen LogP contribution in [-0.4, -0.2) is 25.8 Å². The van der Waals surface area contributed by atoms with E-state index in [4.69, 9.17) is 21.1 Å². The van der Waals surface area contributed by atoms with Gasteiger partial charge in [-0.2, -0.15) is 5.10 Å². The van der Waals surface area contributed by atoms with E-state index >= 15 is 0 Å². The minimum absolute atomic E-state index is 0.330. The number of carbonyl (C=O) groups excluding carboxylic acids is 1. The van der Waals surface area contributed by atoms with E-state index in [1.165, 1.54) is 6.21 Å². The Labute approximate surface area is 146 Å². The Kier molecular flexibility index (Phi) is 6.63. The standard InChI is InChI=1S/C18H19ClN2O3/c1-3-9-24-16-8-7-13(10-17(16)23-2)12-20-21-18(22)14-5-4-6-15(19)11-14/h4-8,10-12H,3,9H2,1-2H3,(H,21,22)/b20-12+. The Morgan fingerprint density at radius 2 is 2.08 bits per heavy atom. The van der Waals surface area contributed by atoms with Crippen LogP contribution in [0.5, 0.6) is 11.5 Å². The van der Waals surface area contributed by atoms with E-state index in [-0.39, 0.29) is 5.91 Å². The third-order valence-corrected chi connectivity index (χ3v) is 3.35. The van der Waals surface area contributed by atoms with Crippen LogP contribution in [0.15, 0.2) is 47.6 Å². The van der Waals surface area contributed by atoms with Crippen LogP contribution >= 0.6 is 11.6 Å². The van der Waals surface area contributed by atoms with Crippen molar-refractivity contribution in [3.05, 3.63) is 58.6 Å². The lowest BCUT2D eigenvalue weighted by molar-refractivity contribution is 0.0955. The topological polar surface area (TPSA) is 59.9 Å². The van der Waals surface area contributed by atoms with Gasteiger partial charge >= 0.3 is 0 Å². The lowest BCUT2D eigenvalue weighted by Gasteiger charge is -2.10. The number of carbonyl (C=O) groups is 1. The molecule has 6 heteroatoms. The molecule has 0 aliphatic heterocycles. The number of benzene rings is 2. The van der Waals surface area contributed by atoms with E-state index in [0.29, 0.717) is 28.7 Å². The van der Waals surface area contributed by atoms with Crippen molar-refractivity contribution >= 4 is 23.7 Å². The number of ether oxygens (including phenoxy) is 2. The van der Waals surface area contributed by atoms with Crippen molar-refractivity contribution in [1.82, 2.24) is 5.43 Å². The van der Waals surface area contributed by atoms with Crippen molar-refractivity contribution in [3.63, 3.8) is 0 Å². The number of hydrogen-bond acceptors (Lipinski definition) is 4. The highest BCUT2D eigenvalue weighted by Crippen LogP contribution is 2.27. The van der Waals surface area contributed by atoms with Gasteiger partial charge in [0.25, 0.3) is 5.91 Å². The first-order valence-electron chi connectivity index (χ1n) is 7.54. The summed E-state index contributed by atoms with van der Waals surface area (Å²) in [6.45, 7) is 2.66. The quantitative estimate of drug-likeness (QED) is 0.611. The molecule has 0 fully saturated rings. The normalized spacial score (nSPS) is 10.6. The molecule has 0 saturated heterocycles. The summed E-state index contributed by atoms with van der Waals surface area (Å²) in [6.07, 6.45) is 2.45. The predicted octanol–water partition coefficient (Wildman–Crippen LogP) is 3.90. The molecule has 0 aliphatic rings. The summed E-state index contributed by atoms with van der Waals surface area (Å²) in [5.41, 5.74) is 3.69. The second-order valence-electron chi connectivity index (χ2n) is 4.97.